The van der Waals surface area contributed by atoms with Crippen molar-refractivity contribution in [1.29, 1.82) is 0 Å². The van der Waals surface area contributed by atoms with Gasteiger partial charge in [0.25, 0.3) is 0 Å². The third-order valence-corrected chi connectivity index (χ3v) is 9.22. The molecule has 0 spiro atoms. The van der Waals surface area contributed by atoms with Crippen molar-refractivity contribution >= 4 is 0 Å². The molecule has 0 saturated heterocycles. The van der Waals surface area contributed by atoms with E-state index in [4.69, 9.17) is 0 Å². The van der Waals surface area contributed by atoms with Crippen LogP contribution in [0.25, 0.3) is 11.1 Å². The number of unbranched alkanes of at least 4 members (excludes halogenated alkanes) is 1. The Bertz CT molecular complexity index is 1090. The first-order valence-corrected chi connectivity index (χ1v) is 13.6. The van der Waals surface area contributed by atoms with Crippen molar-refractivity contribution in [2.75, 3.05) is 0 Å². The molecule has 202 valence electrons. The van der Waals surface area contributed by atoms with Gasteiger partial charge in [0.15, 0.2) is 11.6 Å². The summed E-state index contributed by atoms with van der Waals surface area (Å²) < 4.78 is 84.8. The maximum absolute atomic E-state index is 15.0. The second kappa shape index (κ2) is 9.85. The quantitative estimate of drug-likeness (QED) is 0.297. The minimum atomic E-state index is -5.06. The van der Waals surface area contributed by atoms with E-state index in [1.807, 2.05) is 0 Å². The zero-order valence-electron chi connectivity index (χ0n) is 21.2. The number of alkyl halides is 3. The first-order chi connectivity index (χ1) is 17.5. The lowest BCUT2D eigenvalue weighted by molar-refractivity contribution is -0.275. The van der Waals surface area contributed by atoms with Gasteiger partial charge < -0.3 is 4.74 Å². The molecule has 37 heavy (non-hydrogen) atoms. The first-order valence-electron chi connectivity index (χ1n) is 13.6. The van der Waals surface area contributed by atoms with Crippen molar-refractivity contribution in [3.63, 3.8) is 0 Å². The smallest absolute Gasteiger partial charge is 0.403 e. The van der Waals surface area contributed by atoms with Gasteiger partial charge in [0.1, 0.15) is 11.6 Å². The van der Waals surface area contributed by atoms with Crippen molar-refractivity contribution in [2.45, 2.75) is 96.3 Å². The summed E-state index contributed by atoms with van der Waals surface area (Å²) in [7, 11) is 0. The van der Waals surface area contributed by atoms with E-state index >= 15 is 0 Å². The van der Waals surface area contributed by atoms with E-state index in [9.17, 15) is 26.3 Å². The number of hydrogen-bond donors (Lipinski definition) is 0. The molecule has 2 aromatic carbocycles. The summed E-state index contributed by atoms with van der Waals surface area (Å²) in [4.78, 5) is 0. The normalized spacial score (nSPS) is 28.9. The molecule has 4 saturated carbocycles. The van der Waals surface area contributed by atoms with E-state index in [1.54, 1.807) is 0 Å². The zero-order chi connectivity index (χ0) is 26.4. The van der Waals surface area contributed by atoms with Crippen LogP contribution in [0.5, 0.6) is 5.75 Å². The van der Waals surface area contributed by atoms with Gasteiger partial charge >= 0.3 is 6.36 Å². The predicted octanol–water partition coefficient (Wildman–Crippen LogP) is 10.1. The van der Waals surface area contributed by atoms with Crippen LogP contribution in [-0.2, 0) is 0 Å². The van der Waals surface area contributed by atoms with Gasteiger partial charge in [0.05, 0.1) is 5.56 Å². The molecule has 2 bridgehead atoms. The van der Waals surface area contributed by atoms with Crippen LogP contribution >= 0.6 is 0 Å². The van der Waals surface area contributed by atoms with Crippen LogP contribution in [-0.4, -0.2) is 6.36 Å². The molecule has 0 N–H and O–H groups in total. The van der Waals surface area contributed by atoms with E-state index in [0.29, 0.717) is 28.4 Å². The average Bonchev–Trinajstić information content (AvgIpc) is 2.78. The number of halogens is 6. The van der Waals surface area contributed by atoms with E-state index in [2.05, 4.69) is 11.7 Å². The molecular weight excluding hydrogens is 490 g/mol. The fourth-order valence-electron chi connectivity index (χ4n) is 7.58. The highest BCUT2D eigenvalue weighted by Crippen LogP contribution is 2.77. The highest BCUT2D eigenvalue weighted by Gasteiger charge is 2.65. The van der Waals surface area contributed by atoms with Crippen LogP contribution in [0.3, 0.4) is 0 Å². The van der Waals surface area contributed by atoms with Gasteiger partial charge in [-0.3, -0.25) is 0 Å². The number of ether oxygens (including phenoxy) is 1. The van der Waals surface area contributed by atoms with Crippen LogP contribution in [0, 0.1) is 34.2 Å². The number of rotatable bonds is 9. The lowest BCUT2D eigenvalue weighted by atomic mass is 9.33. The lowest BCUT2D eigenvalue weighted by Gasteiger charge is -2.72. The summed E-state index contributed by atoms with van der Waals surface area (Å²) in [6, 6.07) is 4.99. The average molecular weight is 525 g/mol. The molecule has 0 aliphatic heterocycles. The molecule has 0 radical (unpaired) electrons. The highest BCUT2D eigenvalue weighted by molar-refractivity contribution is 5.66. The summed E-state index contributed by atoms with van der Waals surface area (Å²) in [5, 5.41) is 0. The van der Waals surface area contributed by atoms with Gasteiger partial charge in [-0.25, -0.2) is 13.2 Å². The van der Waals surface area contributed by atoms with E-state index in [-0.39, 0.29) is 11.5 Å². The Morgan fingerprint density at radius 2 is 1.46 bits per heavy atom. The molecule has 2 aromatic rings. The standard InChI is InChI=1S/C30H34F6O/c1-2-3-11-28-16-29(17-28,18-28)12-10-19-4-6-20(7-5-19)22-14-24(32)27(25(33)15-22)21-8-9-26(23(31)13-21)37-30(34,35)36/h8-9,13-15,19-20H,2-7,10-12,16-18H2,1H3. The summed E-state index contributed by atoms with van der Waals surface area (Å²) in [5.74, 6) is -3.34. The molecule has 0 unspecified atom stereocenters. The van der Waals surface area contributed by atoms with Gasteiger partial charge in [0, 0.05) is 0 Å². The van der Waals surface area contributed by atoms with Crippen molar-refractivity contribution in [3.05, 3.63) is 53.3 Å². The van der Waals surface area contributed by atoms with Crippen molar-refractivity contribution in [3.8, 4) is 16.9 Å². The van der Waals surface area contributed by atoms with Crippen molar-refractivity contribution in [1.82, 2.24) is 0 Å². The molecule has 0 heterocycles. The molecule has 4 aliphatic rings. The summed E-state index contributed by atoms with van der Waals surface area (Å²) >= 11 is 0. The predicted molar refractivity (Wildman–Crippen MR) is 131 cm³/mol. The maximum Gasteiger partial charge on any atom is 0.573 e. The molecule has 0 amide bonds. The Balaban J connectivity index is 1.16. The van der Waals surface area contributed by atoms with E-state index in [0.717, 1.165) is 37.8 Å². The Morgan fingerprint density at radius 3 is 2.03 bits per heavy atom. The van der Waals surface area contributed by atoms with Crippen molar-refractivity contribution < 1.29 is 31.1 Å². The van der Waals surface area contributed by atoms with Gasteiger partial charge in [0.2, 0.25) is 0 Å². The Morgan fingerprint density at radius 1 is 0.838 bits per heavy atom. The molecule has 4 fully saturated rings. The number of hydrogen-bond acceptors (Lipinski definition) is 1. The third-order valence-electron chi connectivity index (χ3n) is 9.22. The molecule has 0 aromatic heterocycles. The Labute approximate surface area is 214 Å². The van der Waals surface area contributed by atoms with Gasteiger partial charge in [-0.2, -0.15) is 0 Å². The first kappa shape index (κ1) is 26.4. The summed E-state index contributed by atoms with van der Waals surface area (Å²) in [6.45, 7) is 2.26. The zero-order valence-corrected chi connectivity index (χ0v) is 21.2. The molecule has 0 atom stereocenters. The van der Waals surface area contributed by atoms with Crippen LogP contribution in [0.15, 0.2) is 30.3 Å². The second-order valence-corrected chi connectivity index (χ2v) is 11.9. The molecule has 1 nitrogen and oxygen atoms in total. The van der Waals surface area contributed by atoms with Gasteiger partial charge in [-0.15, -0.1) is 13.2 Å². The van der Waals surface area contributed by atoms with E-state index in [1.165, 1.54) is 63.5 Å². The SMILES string of the molecule is CCCCC12CC(CCC3CCC(c4cc(F)c(-c5ccc(OC(F)(F)F)c(F)c5)c(F)c4)CC3)(C1)C2. The topological polar surface area (TPSA) is 9.23 Å². The van der Waals surface area contributed by atoms with Crippen molar-refractivity contribution in [2.24, 2.45) is 16.7 Å². The molecule has 6 rings (SSSR count). The largest absolute Gasteiger partial charge is 0.573 e. The van der Waals surface area contributed by atoms with Crippen LogP contribution < -0.4 is 4.74 Å². The minimum absolute atomic E-state index is 0.0702. The highest BCUT2D eigenvalue weighted by atomic mass is 19.4. The van der Waals surface area contributed by atoms with Crippen LogP contribution in [0.2, 0.25) is 0 Å². The van der Waals surface area contributed by atoms with Gasteiger partial charge in [-0.05, 0) is 122 Å². The molecular formula is C30H34F6O. The third kappa shape index (κ3) is 5.51. The monoisotopic (exact) mass is 524 g/mol. The Kier molecular flexibility index (Phi) is 7.03. The second-order valence-electron chi connectivity index (χ2n) is 11.9. The fraction of sp³-hybridized carbons (Fsp3) is 0.600. The maximum atomic E-state index is 15.0. The Hall–Kier alpha value is -2.18. The molecule has 4 aliphatic carbocycles. The fourth-order valence-corrected chi connectivity index (χ4v) is 7.58. The van der Waals surface area contributed by atoms with Crippen LogP contribution in [0.4, 0.5) is 26.3 Å². The van der Waals surface area contributed by atoms with E-state index < -0.39 is 35.1 Å². The number of benzene rings is 2. The summed E-state index contributed by atoms with van der Waals surface area (Å²) in [5.41, 5.74) is 1.25. The summed E-state index contributed by atoms with van der Waals surface area (Å²) in [6.07, 6.45) is 9.66. The van der Waals surface area contributed by atoms with Crippen LogP contribution in [0.1, 0.15) is 95.5 Å². The minimum Gasteiger partial charge on any atom is -0.403 e. The lowest BCUT2D eigenvalue weighted by Crippen LogP contribution is -2.61. The molecule has 7 heteroatoms. The van der Waals surface area contributed by atoms with Gasteiger partial charge in [-0.1, -0.05) is 25.8 Å².